The Morgan fingerprint density at radius 2 is 1.89 bits per heavy atom. The third kappa shape index (κ3) is 2.36. The highest BCUT2D eigenvalue weighted by Gasteiger charge is 2.28. The Hall–Kier alpha value is -1.12. The van der Waals surface area contributed by atoms with Crippen LogP contribution in [0.1, 0.15) is 56.7 Å². The summed E-state index contributed by atoms with van der Waals surface area (Å²) >= 11 is 0. The largest absolute Gasteiger partial charge is 0.369 e. The minimum Gasteiger partial charge on any atom is -0.369 e. The molecule has 1 saturated carbocycles. The van der Waals surface area contributed by atoms with Gasteiger partial charge in [0.15, 0.2) is 0 Å². The minimum absolute atomic E-state index is 0.479. The van der Waals surface area contributed by atoms with Gasteiger partial charge in [-0.2, -0.15) is 0 Å². The summed E-state index contributed by atoms with van der Waals surface area (Å²) in [6.07, 6.45) is 12.1. The molecule has 1 heterocycles. The van der Waals surface area contributed by atoms with Crippen LogP contribution in [-0.2, 0) is 12.8 Å². The third-order valence-corrected chi connectivity index (χ3v) is 4.62. The Morgan fingerprint density at radius 3 is 2.72 bits per heavy atom. The molecule has 0 atom stereocenters. The van der Waals surface area contributed by atoms with Gasteiger partial charge in [0.05, 0.1) is 0 Å². The van der Waals surface area contributed by atoms with Gasteiger partial charge in [-0.3, -0.25) is 0 Å². The van der Waals surface area contributed by atoms with E-state index >= 15 is 0 Å². The van der Waals surface area contributed by atoms with Crippen molar-refractivity contribution in [2.24, 2.45) is 5.41 Å². The van der Waals surface area contributed by atoms with Crippen LogP contribution in [0.2, 0.25) is 0 Å². The quantitative estimate of drug-likeness (QED) is 0.887. The lowest BCUT2D eigenvalue weighted by Gasteiger charge is -2.25. The highest BCUT2D eigenvalue weighted by molar-refractivity contribution is 5.47. The van der Waals surface area contributed by atoms with Crippen LogP contribution in [0.3, 0.4) is 0 Å². The number of hydrogen-bond donors (Lipinski definition) is 1. The first-order valence-corrected chi connectivity index (χ1v) is 7.33. The number of hydrogen-bond acceptors (Lipinski definition) is 3. The summed E-state index contributed by atoms with van der Waals surface area (Å²) in [6.45, 7) is 3.47. The van der Waals surface area contributed by atoms with E-state index in [0.29, 0.717) is 5.41 Å². The lowest BCUT2D eigenvalue weighted by molar-refractivity contribution is 0.361. The molecule has 3 heteroatoms. The molecule has 1 aromatic heterocycles. The predicted octanol–water partition coefficient (Wildman–Crippen LogP) is 3.35. The average Bonchev–Trinajstić information content (AvgIpc) is 2.84. The summed E-state index contributed by atoms with van der Waals surface area (Å²) in [5.41, 5.74) is 3.13. The van der Waals surface area contributed by atoms with E-state index in [-0.39, 0.29) is 0 Å². The number of rotatable bonds is 3. The summed E-state index contributed by atoms with van der Waals surface area (Å²) in [4.78, 5) is 8.89. The van der Waals surface area contributed by atoms with Gasteiger partial charge in [0.1, 0.15) is 12.1 Å². The number of fused-ring (bicyclic) bond motifs is 1. The van der Waals surface area contributed by atoms with Crippen molar-refractivity contribution < 1.29 is 0 Å². The van der Waals surface area contributed by atoms with Gasteiger partial charge in [-0.1, -0.05) is 19.8 Å². The molecule has 0 bridgehead atoms. The van der Waals surface area contributed by atoms with Crippen molar-refractivity contribution >= 4 is 5.82 Å². The fourth-order valence-electron chi connectivity index (χ4n) is 3.38. The summed E-state index contributed by atoms with van der Waals surface area (Å²) in [5, 5.41) is 3.60. The zero-order valence-electron chi connectivity index (χ0n) is 11.3. The standard InChI is InChI=1S/C15H23N3/c1-15(8-4-5-9-15)10-16-14-12-6-2-3-7-13(12)17-11-18-14/h11H,2-10H2,1H3,(H,16,17,18). The van der Waals surface area contributed by atoms with E-state index in [2.05, 4.69) is 22.2 Å². The Morgan fingerprint density at radius 1 is 1.11 bits per heavy atom. The van der Waals surface area contributed by atoms with Gasteiger partial charge in [0.2, 0.25) is 0 Å². The van der Waals surface area contributed by atoms with Crippen LogP contribution in [0.25, 0.3) is 0 Å². The van der Waals surface area contributed by atoms with E-state index in [0.717, 1.165) is 25.2 Å². The number of aryl methyl sites for hydroxylation is 1. The second-order valence-electron chi connectivity index (χ2n) is 6.23. The zero-order chi connectivity index (χ0) is 12.4. The summed E-state index contributed by atoms with van der Waals surface area (Å²) < 4.78 is 0. The number of nitrogens with zero attached hydrogens (tertiary/aromatic N) is 2. The maximum absolute atomic E-state index is 4.46. The van der Waals surface area contributed by atoms with Crippen molar-refractivity contribution in [2.75, 3.05) is 11.9 Å². The van der Waals surface area contributed by atoms with Gasteiger partial charge >= 0.3 is 0 Å². The molecule has 1 N–H and O–H groups in total. The Kier molecular flexibility index (Phi) is 3.23. The molecule has 2 aliphatic rings. The number of nitrogens with one attached hydrogen (secondary N) is 1. The molecule has 98 valence electrons. The van der Waals surface area contributed by atoms with Crippen LogP contribution in [0, 0.1) is 5.41 Å². The average molecular weight is 245 g/mol. The Bertz CT molecular complexity index is 422. The molecule has 0 aromatic carbocycles. The van der Waals surface area contributed by atoms with Crippen molar-refractivity contribution in [3.8, 4) is 0 Å². The molecule has 3 nitrogen and oxygen atoms in total. The molecule has 0 unspecified atom stereocenters. The van der Waals surface area contributed by atoms with Gasteiger partial charge in [-0.15, -0.1) is 0 Å². The molecule has 2 aliphatic carbocycles. The topological polar surface area (TPSA) is 37.8 Å². The van der Waals surface area contributed by atoms with Gasteiger partial charge in [0, 0.05) is 17.8 Å². The monoisotopic (exact) mass is 245 g/mol. The van der Waals surface area contributed by atoms with Crippen LogP contribution in [-0.4, -0.2) is 16.5 Å². The van der Waals surface area contributed by atoms with E-state index in [1.807, 2.05) is 0 Å². The van der Waals surface area contributed by atoms with Crippen LogP contribution < -0.4 is 5.32 Å². The number of anilines is 1. The zero-order valence-corrected chi connectivity index (χ0v) is 11.3. The molecular formula is C15H23N3. The van der Waals surface area contributed by atoms with Gasteiger partial charge < -0.3 is 5.32 Å². The first-order valence-electron chi connectivity index (χ1n) is 7.33. The predicted molar refractivity (Wildman–Crippen MR) is 73.7 cm³/mol. The van der Waals surface area contributed by atoms with Crippen molar-refractivity contribution in [3.05, 3.63) is 17.6 Å². The second kappa shape index (κ2) is 4.87. The minimum atomic E-state index is 0.479. The van der Waals surface area contributed by atoms with Crippen molar-refractivity contribution in [3.63, 3.8) is 0 Å². The molecule has 0 radical (unpaired) electrons. The second-order valence-corrected chi connectivity index (χ2v) is 6.23. The molecule has 1 aromatic rings. The van der Waals surface area contributed by atoms with Crippen LogP contribution in [0.5, 0.6) is 0 Å². The summed E-state index contributed by atoms with van der Waals surface area (Å²) in [5.74, 6) is 1.10. The van der Waals surface area contributed by atoms with E-state index in [9.17, 15) is 0 Å². The lowest BCUT2D eigenvalue weighted by atomic mass is 9.88. The van der Waals surface area contributed by atoms with Crippen LogP contribution >= 0.6 is 0 Å². The summed E-state index contributed by atoms with van der Waals surface area (Å²) in [6, 6.07) is 0. The normalized spacial score (nSPS) is 21.6. The maximum atomic E-state index is 4.46. The Balaban J connectivity index is 1.72. The third-order valence-electron chi connectivity index (χ3n) is 4.62. The molecule has 0 amide bonds. The van der Waals surface area contributed by atoms with E-state index in [1.165, 1.54) is 49.8 Å². The van der Waals surface area contributed by atoms with Crippen molar-refractivity contribution in [2.45, 2.75) is 58.3 Å². The first-order chi connectivity index (χ1) is 8.77. The molecule has 0 aliphatic heterocycles. The fourth-order valence-corrected chi connectivity index (χ4v) is 3.38. The van der Waals surface area contributed by atoms with E-state index < -0.39 is 0 Å². The van der Waals surface area contributed by atoms with Crippen molar-refractivity contribution in [1.29, 1.82) is 0 Å². The highest BCUT2D eigenvalue weighted by atomic mass is 15.0. The maximum Gasteiger partial charge on any atom is 0.132 e. The van der Waals surface area contributed by atoms with Gasteiger partial charge in [-0.05, 0) is 43.9 Å². The molecule has 0 spiro atoms. The van der Waals surface area contributed by atoms with Crippen molar-refractivity contribution in [1.82, 2.24) is 9.97 Å². The van der Waals surface area contributed by atoms with Crippen LogP contribution in [0.15, 0.2) is 6.33 Å². The smallest absolute Gasteiger partial charge is 0.132 e. The summed E-state index contributed by atoms with van der Waals surface area (Å²) in [7, 11) is 0. The Labute approximate surface area is 109 Å². The fraction of sp³-hybridized carbons (Fsp3) is 0.733. The molecule has 0 saturated heterocycles. The molecule has 3 rings (SSSR count). The van der Waals surface area contributed by atoms with Crippen LogP contribution in [0.4, 0.5) is 5.82 Å². The lowest BCUT2D eigenvalue weighted by Crippen LogP contribution is -2.24. The molecular weight excluding hydrogens is 222 g/mol. The first kappa shape index (κ1) is 11.9. The molecule has 1 fully saturated rings. The highest BCUT2D eigenvalue weighted by Crippen LogP contribution is 2.37. The van der Waals surface area contributed by atoms with Gasteiger partial charge in [-0.25, -0.2) is 9.97 Å². The molecule has 18 heavy (non-hydrogen) atoms. The number of aromatic nitrogens is 2. The van der Waals surface area contributed by atoms with Gasteiger partial charge in [0.25, 0.3) is 0 Å². The SMILES string of the molecule is CC1(CNc2ncnc3c2CCCC3)CCCC1. The van der Waals surface area contributed by atoms with E-state index in [1.54, 1.807) is 6.33 Å². The van der Waals surface area contributed by atoms with E-state index in [4.69, 9.17) is 0 Å².